The van der Waals surface area contributed by atoms with Crippen molar-refractivity contribution in [2.45, 2.75) is 5.16 Å². The lowest BCUT2D eigenvalue weighted by Gasteiger charge is -2.05. The third kappa shape index (κ3) is 4.47. The summed E-state index contributed by atoms with van der Waals surface area (Å²) in [4.78, 5) is 16.4. The molecule has 1 amide bonds. The van der Waals surface area contributed by atoms with Gasteiger partial charge in [0.1, 0.15) is 6.07 Å². The van der Waals surface area contributed by atoms with Crippen molar-refractivity contribution in [2.24, 2.45) is 0 Å². The fraction of sp³-hybridized carbons (Fsp3) is 0.0588. The molecule has 0 spiro atoms. The van der Waals surface area contributed by atoms with E-state index in [2.05, 4.69) is 36.4 Å². The zero-order chi connectivity index (χ0) is 17.6. The van der Waals surface area contributed by atoms with Crippen molar-refractivity contribution < 1.29 is 4.79 Å². The smallest absolute Gasteiger partial charge is 0.234 e. The van der Waals surface area contributed by atoms with E-state index in [1.54, 1.807) is 24.3 Å². The minimum absolute atomic E-state index is 0.150. The Morgan fingerprint density at radius 2 is 2.00 bits per heavy atom. The summed E-state index contributed by atoms with van der Waals surface area (Å²) in [7, 11) is 0. The number of carbonyl (C=O) groups excluding carboxylic acids is 1. The predicted octanol–water partition coefficient (Wildman–Crippen LogP) is 3.84. The van der Waals surface area contributed by atoms with Crippen LogP contribution in [0.5, 0.6) is 0 Å². The Hall–Kier alpha value is -2.63. The summed E-state index contributed by atoms with van der Waals surface area (Å²) < 4.78 is 0.986. The zero-order valence-electron chi connectivity index (χ0n) is 12.9. The van der Waals surface area contributed by atoms with Gasteiger partial charge in [0.25, 0.3) is 0 Å². The quantitative estimate of drug-likeness (QED) is 0.619. The van der Waals surface area contributed by atoms with Gasteiger partial charge >= 0.3 is 0 Å². The van der Waals surface area contributed by atoms with Gasteiger partial charge in [-0.05, 0) is 24.3 Å². The highest BCUT2D eigenvalue weighted by molar-refractivity contribution is 9.10. The van der Waals surface area contributed by atoms with E-state index in [-0.39, 0.29) is 11.7 Å². The van der Waals surface area contributed by atoms with Crippen LogP contribution < -0.4 is 5.32 Å². The Balaban J connectivity index is 1.59. The number of H-pyrrole nitrogens is 1. The van der Waals surface area contributed by atoms with E-state index in [1.165, 1.54) is 11.8 Å². The number of aromatic amines is 1. The molecule has 0 unspecified atom stereocenters. The number of carbonyl (C=O) groups is 1. The van der Waals surface area contributed by atoms with E-state index >= 15 is 0 Å². The van der Waals surface area contributed by atoms with Crippen molar-refractivity contribution in [3.63, 3.8) is 0 Å². The number of anilines is 1. The highest BCUT2D eigenvalue weighted by atomic mass is 79.9. The molecule has 0 radical (unpaired) electrons. The number of amides is 1. The van der Waals surface area contributed by atoms with E-state index in [0.29, 0.717) is 22.2 Å². The molecule has 0 fully saturated rings. The number of halogens is 1. The molecule has 25 heavy (non-hydrogen) atoms. The Bertz CT molecular complexity index is 933. The standard InChI is InChI=1S/C17H12BrN5OS/c18-13-7-5-11(6-8-13)16-21-17(23-22-16)25-10-15(24)20-14-4-2-1-3-12(14)9-19/h1-8H,10H2,(H,20,24)(H,21,22,23). The number of nitrogens with zero attached hydrogens (tertiary/aromatic N) is 3. The molecular formula is C17H12BrN5OS. The lowest BCUT2D eigenvalue weighted by Crippen LogP contribution is -2.15. The molecule has 0 atom stereocenters. The number of benzene rings is 2. The molecule has 3 rings (SSSR count). The second kappa shape index (κ2) is 7.96. The van der Waals surface area contributed by atoms with Crippen molar-refractivity contribution in [1.29, 1.82) is 5.26 Å². The summed E-state index contributed by atoms with van der Waals surface area (Å²) in [6, 6.07) is 16.6. The molecule has 2 aromatic carbocycles. The second-order valence-electron chi connectivity index (χ2n) is 4.97. The van der Waals surface area contributed by atoms with Gasteiger partial charge in [0.15, 0.2) is 5.82 Å². The third-order valence-corrected chi connectivity index (χ3v) is 4.61. The molecule has 1 heterocycles. The maximum Gasteiger partial charge on any atom is 0.234 e. The third-order valence-electron chi connectivity index (χ3n) is 3.24. The number of para-hydroxylation sites is 1. The van der Waals surface area contributed by atoms with Crippen LogP contribution >= 0.6 is 27.7 Å². The molecule has 2 N–H and O–H groups in total. The van der Waals surface area contributed by atoms with E-state index in [0.717, 1.165) is 10.0 Å². The van der Waals surface area contributed by atoms with Crippen LogP contribution in [0.2, 0.25) is 0 Å². The summed E-state index contributed by atoms with van der Waals surface area (Å²) in [5.74, 6) is 0.574. The highest BCUT2D eigenvalue weighted by Gasteiger charge is 2.10. The zero-order valence-corrected chi connectivity index (χ0v) is 15.3. The minimum atomic E-state index is -0.220. The lowest BCUT2D eigenvalue weighted by molar-refractivity contribution is -0.113. The molecule has 0 bridgehead atoms. The monoisotopic (exact) mass is 413 g/mol. The maximum absolute atomic E-state index is 12.1. The molecule has 0 aliphatic carbocycles. The molecular weight excluding hydrogens is 402 g/mol. The van der Waals surface area contributed by atoms with E-state index in [4.69, 9.17) is 5.26 Å². The van der Waals surface area contributed by atoms with Crippen molar-refractivity contribution in [1.82, 2.24) is 15.2 Å². The number of thioether (sulfide) groups is 1. The number of nitrogens with one attached hydrogen (secondary N) is 2. The molecule has 0 saturated carbocycles. The fourth-order valence-corrected chi connectivity index (χ4v) is 2.92. The van der Waals surface area contributed by atoms with Crippen molar-refractivity contribution in [3.05, 3.63) is 58.6 Å². The molecule has 0 aliphatic heterocycles. The second-order valence-corrected chi connectivity index (χ2v) is 6.83. The Morgan fingerprint density at radius 1 is 1.24 bits per heavy atom. The molecule has 0 saturated heterocycles. The first kappa shape index (κ1) is 17.2. The van der Waals surface area contributed by atoms with Crippen LogP contribution in [0.4, 0.5) is 5.69 Å². The van der Waals surface area contributed by atoms with Gasteiger partial charge in [0.05, 0.1) is 17.0 Å². The van der Waals surface area contributed by atoms with Gasteiger partial charge in [0.2, 0.25) is 11.1 Å². The molecule has 8 heteroatoms. The van der Waals surface area contributed by atoms with Gasteiger partial charge in [-0.3, -0.25) is 9.89 Å². The topological polar surface area (TPSA) is 94.5 Å². The maximum atomic E-state index is 12.1. The van der Waals surface area contributed by atoms with Crippen LogP contribution in [0.25, 0.3) is 11.4 Å². The van der Waals surface area contributed by atoms with Crippen molar-refractivity contribution in [3.8, 4) is 17.5 Å². The largest absolute Gasteiger partial charge is 0.324 e. The van der Waals surface area contributed by atoms with Crippen molar-refractivity contribution >= 4 is 39.3 Å². The summed E-state index contributed by atoms with van der Waals surface area (Å²) in [5, 5.41) is 19.2. The van der Waals surface area contributed by atoms with Crippen molar-refractivity contribution in [2.75, 3.05) is 11.1 Å². The van der Waals surface area contributed by atoms with Gasteiger partial charge in [-0.1, -0.05) is 52.0 Å². The average Bonchev–Trinajstić information content (AvgIpc) is 3.10. The first-order valence-electron chi connectivity index (χ1n) is 7.26. The molecule has 3 aromatic rings. The Kier molecular flexibility index (Phi) is 5.48. The highest BCUT2D eigenvalue weighted by Crippen LogP contribution is 2.21. The predicted molar refractivity (Wildman–Crippen MR) is 100 cm³/mol. The minimum Gasteiger partial charge on any atom is -0.324 e. The first-order chi connectivity index (χ1) is 12.2. The van der Waals surface area contributed by atoms with E-state index < -0.39 is 0 Å². The van der Waals surface area contributed by atoms with Gasteiger partial charge in [-0.15, -0.1) is 5.10 Å². The summed E-state index contributed by atoms with van der Waals surface area (Å²) >= 11 is 4.61. The summed E-state index contributed by atoms with van der Waals surface area (Å²) in [6.07, 6.45) is 0. The van der Waals surface area contributed by atoms with Crippen LogP contribution in [-0.2, 0) is 4.79 Å². The van der Waals surface area contributed by atoms with Crippen LogP contribution in [0.3, 0.4) is 0 Å². The number of rotatable bonds is 5. The molecule has 124 valence electrons. The normalized spacial score (nSPS) is 10.2. The van der Waals surface area contributed by atoms with Crippen LogP contribution in [-0.4, -0.2) is 26.8 Å². The fourth-order valence-electron chi connectivity index (χ4n) is 2.05. The van der Waals surface area contributed by atoms with E-state index in [1.807, 2.05) is 30.3 Å². The first-order valence-corrected chi connectivity index (χ1v) is 9.03. The summed E-state index contributed by atoms with van der Waals surface area (Å²) in [5.41, 5.74) is 1.84. The Morgan fingerprint density at radius 3 is 2.76 bits per heavy atom. The Labute approximate surface area is 156 Å². The van der Waals surface area contributed by atoms with Gasteiger partial charge in [-0.25, -0.2) is 4.98 Å². The lowest BCUT2D eigenvalue weighted by atomic mass is 10.2. The number of hydrogen-bond donors (Lipinski definition) is 2. The molecule has 6 nitrogen and oxygen atoms in total. The van der Waals surface area contributed by atoms with Gasteiger partial charge in [-0.2, -0.15) is 5.26 Å². The number of aromatic nitrogens is 3. The van der Waals surface area contributed by atoms with Crippen LogP contribution in [0.1, 0.15) is 5.56 Å². The number of nitriles is 1. The number of hydrogen-bond acceptors (Lipinski definition) is 5. The van der Waals surface area contributed by atoms with E-state index in [9.17, 15) is 4.79 Å². The van der Waals surface area contributed by atoms with Crippen LogP contribution in [0, 0.1) is 11.3 Å². The molecule has 1 aromatic heterocycles. The molecule has 0 aliphatic rings. The van der Waals surface area contributed by atoms with Gasteiger partial charge < -0.3 is 5.32 Å². The SMILES string of the molecule is N#Cc1ccccc1NC(=O)CSc1n[nH]c(-c2ccc(Br)cc2)n1. The van der Waals surface area contributed by atoms with Crippen LogP contribution in [0.15, 0.2) is 58.2 Å². The summed E-state index contributed by atoms with van der Waals surface area (Å²) in [6.45, 7) is 0. The van der Waals surface area contributed by atoms with Gasteiger partial charge in [0, 0.05) is 10.0 Å². The average molecular weight is 414 g/mol.